The van der Waals surface area contributed by atoms with Crippen LogP contribution in [0.4, 0.5) is 5.69 Å². The predicted octanol–water partition coefficient (Wildman–Crippen LogP) is 4.51. The number of amides is 3. The third-order valence-electron chi connectivity index (χ3n) is 9.51. The first kappa shape index (κ1) is 48.0. The monoisotopic (exact) mass is 1160 g/mol. The lowest BCUT2D eigenvalue weighted by atomic mass is 10.0. The Morgan fingerprint density at radius 1 is 0.638 bits per heavy atom. The third-order valence-corrected chi connectivity index (χ3v) is 12.7. The minimum absolute atomic E-state index is 0.0211. The number of halogens is 3. The number of carbonyl (C=O) groups excluding carboxylic acids is 4. The van der Waals surface area contributed by atoms with Crippen molar-refractivity contribution in [3.8, 4) is 0 Å². The van der Waals surface area contributed by atoms with E-state index in [1.54, 1.807) is 72.1 Å². The maximum Gasteiger partial charge on any atom is 0.345 e. The van der Waals surface area contributed by atoms with Gasteiger partial charge in [0.15, 0.2) is 23.1 Å². The standard InChI is InChI=1S/C38H54I3N3O14/c1-11-50-34(48)30(49-10)31(45)42-29-27(40)24(32(46)43(12-20-16-51-35(2,3)55-20)13-21-17-52-36(4,5)56-21)26(39)25(28(29)41)33(47)44(14-22-18-53-37(6,7)57-22)15-23-19-54-38(8,9)58-23/h20-23,30H,11-19H2,1-10H3,(H,42,45). The van der Waals surface area contributed by atoms with Crippen molar-refractivity contribution >= 4 is 97.2 Å². The van der Waals surface area contributed by atoms with Gasteiger partial charge < -0.3 is 62.5 Å². The van der Waals surface area contributed by atoms with Gasteiger partial charge in [0.05, 0.1) is 57.0 Å². The van der Waals surface area contributed by atoms with Gasteiger partial charge in [-0.3, -0.25) is 14.4 Å². The highest BCUT2D eigenvalue weighted by Crippen LogP contribution is 2.39. The van der Waals surface area contributed by atoms with Crippen LogP contribution >= 0.6 is 67.8 Å². The summed E-state index contributed by atoms with van der Waals surface area (Å²) < 4.78 is 59.3. The number of hydrogen-bond acceptors (Lipinski definition) is 14. The first-order valence-electron chi connectivity index (χ1n) is 19.0. The number of hydrogen-bond donors (Lipinski definition) is 1. The van der Waals surface area contributed by atoms with Crippen molar-refractivity contribution in [2.75, 3.05) is 71.6 Å². The van der Waals surface area contributed by atoms with E-state index in [2.05, 4.69) is 5.32 Å². The summed E-state index contributed by atoms with van der Waals surface area (Å²) in [5.74, 6) is -6.09. The van der Waals surface area contributed by atoms with Gasteiger partial charge in [-0.05, 0) is 130 Å². The molecule has 20 heteroatoms. The Morgan fingerprint density at radius 3 is 1.22 bits per heavy atom. The van der Waals surface area contributed by atoms with Crippen molar-refractivity contribution in [3.63, 3.8) is 0 Å². The van der Waals surface area contributed by atoms with Gasteiger partial charge in [0.2, 0.25) is 6.10 Å². The Bertz CT molecular complexity index is 1570. The van der Waals surface area contributed by atoms with E-state index in [4.69, 9.17) is 47.4 Å². The summed E-state index contributed by atoms with van der Waals surface area (Å²) in [6.07, 6.45) is -3.55. The maximum absolute atomic E-state index is 15.2. The largest absolute Gasteiger partial charge is 0.464 e. The lowest BCUT2D eigenvalue weighted by molar-refractivity contribution is -0.158. The molecule has 5 unspecified atom stereocenters. The molecule has 1 aromatic rings. The fourth-order valence-corrected chi connectivity index (χ4v) is 11.4. The number of anilines is 1. The minimum Gasteiger partial charge on any atom is -0.464 e. The molecule has 0 bridgehead atoms. The molecule has 17 nitrogen and oxygen atoms in total. The molecule has 1 aromatic carbocycles. The zero-order chi connectivity index (χ0) is 43.0. The molecular formula is C38H54I3N3O14. The number of nitrogens with one attached hydrogen (secondary N) is 1. The summed E-state index contributed by atoms with van der Waals surface area (Å²) in [5, 5.41) is 2.80. The predicted molar refractivity (Wildman–Crippen MR) is 232 cm³/mol. The zero-order valence-corrected chi connectivity index (χ0v) is 41.0. The smallest absolute Gasteiger partial charge is 0.345 e. The number of methoxy groups -OCH3 is 1. The van der Waals surface area contributed by atoms with E-state index in [-0.39, 0.29) is 76.0 Å². The number of esters is 1. The molecule has 58 heavy (non-hydrogen) atoms. The average Bonchev–Trinajstić information content (AvgIpc) is 3.86. The lowest BCUT2D eigenvalue weighted by Crippen LogP contribution is -2.46. The summed E-state index contributed by atoms with van der Waals surface area (Å²) >= 11 is 6.00. The van der Waals surface area contributed by atoms with Crippen molar-refractivity contribution in [2.24, 2.45) is 0 Å². The highest BCUT2D eigenvalue weighted by Gasteiger charge is 2.43. The van der Waals surface area contributed by atoms with Gasteiger partial charge in [0.1, 0.15) is 24.4 Å². The van der Waals surface area contributed by atoms with Crippen LogP contribution in [-0.4, -0.2) is 153 Å². The summed E-state index contributed by atoms with van der Waals surface area (Å²) in [6, 6.07) is 0. The molecule has 4 saturated heterocycles. The summed E-state index contributed by atoms with van der Waals surface area (Å²) in [5.41, 5.74) is 0.422. The molecule has 0 aliphatic carbocycles. The first-order chi connectivity index (χ1) is 26.9. The highest BCUT2D eigenvalue weighted by atomic mass is 127. The molecule has 4 aliphatic rings. The molecule has 0 spiro atoms. The van der Waals surface area contributed by atoms with Crippen LogP contribution in [0.2, 0.25) is 0 Å². The Hall–Kier alpha value is -1.07. The van der Waals surface area contributed by atoms with Gasteiger partial charge in [-0.25, -0.2) is 4.79 Å². The average molecular weight is 1160 g/mol. The fourth-order valence-electron chi connectivity index (χ4n) is 7.06. The second-order valence-corrected chi connectivity index (χ2v) is 19.4. The van der Waals surface area contributed by atoms with Crippen LogP contribution in [0.25, 0.3) is 0 Å². The normalized spacial score (nSPS) is 26.0. The van der Waals surface area contributed by atoms with Crippen molar-refractivity contribution < 1.29 is 66.5 Å². The molecule has 4 aliphatic heterocycles. The SMILES string of the molecule is CCOC(=O)C(OC)C(=O)Nc1c(I)c(C(=O)N(CC2COC(C)(C)O2)CC2COC(C)(C)O2)c(I)c(C(=O)N(CC2COC(C)(C)O2)CC2COC(C)(C)O2)c1I. The van der Waals surface area contributed by atoms with Gasteiger partial charge in [-0.15, -0.1) is 0 Å². The Labute approximate surface area is 380 Å². The summed E-state index contributed by atoms with van der Waals surface area (Å²) in [6.45, 7) is 17.5. The molecule has 5 atom stereocenters. The van der Waals surface area contributed by atoms with E-state index in [0.717, 1.165) is 0 Å². The molecular weight excluding hydrogens is 1100 g/mol. The van der Waals surface area contributed by atoms with E-state index in [1.165, 1.54) is 7.11 Å². The second-order valence-electron chi connectivity index (χ2n) is 16.1. The topological polar surface area (TPSA) is 179 Å². The number of carbonyl (C=O) groups is 4. The Morgan fingerprint density at radius 2 is 0.966 bits per heavy atom. The highest BCUT2D eigenvalue weighted by molar-refractivity contribution is 14.1. The van der Waals surface area contributed by atoms with Gasteiger partial charge in [0.25, 0.3) is 17.7 Å². The number of ether oxygens (including phenoxy) is 10. The van der Waals surface area contributed by atoms with Gasteiger partial charge in [0, 0.05) is 36.9 Å². The van der Waals surface area contributed by atoms with E-state index in [1.807, 2.05) is 67.8 Å². The molecule has 0 radical (unpaired) electrons. The number of benzene rings is 1. The van der Waals surface area contributed by atoms with Crippen LogP contribution in [0.3, 0.4) is 0 Å². The van der Waals surface area contributed by atoms with E-state index in [9.17, 15) is 9.59 Å². The van der Waals surface area contributed by atoms with Crippen molar-refractivity contribution in [3.05, 3.63) is 21.8 Å². The molecule has 4 heterocycles. The number of rotatable bonds is 15. The van der Waals surface area contributed by atoms with E-state index < -0.39 is 77.4 Å². The van der Waals surface area contributed by atoms with Crippen LogP contribution < -0.4 is 5.32 Å². The molecule has 0 aromatic heterocycles. The van der Waals surface area contributed by atoms with Crippen molar-refractivity contribution in [2.45, 2.75) is 116 Å². The van der Waals surface area contributed by atoms with Gasteiger partial charge >= 0.3 is 5.97 Å². The fraction of sp³-hybridized carbons (Fsp3) is 0.737. The summed E-state index contributed by atoms with van der Waals surface area (Å²) in [4.78, 5) is 60.1. The van der Waals surface area contributed by atoms with E-state index >= 15 is 9.59 Å². The Kier molecular flexibility index (Phi) is 15.8. The van der Waals surface area contributed by atoms with Crippen molar-refractivity contribution in [1.82, 2.24) is 9.80 Å². The third kappa shape index (κ3) is 11.9. The molecule has 4 fully saturated rings. The minimum atomic E-state index is -1.63. The van der Waals surface area contributed by atoms with Crippen LogP contribution in [0.15, 0.2) is 0 Å². The van der Waals surface area contributed by atoms with Crippen LogP contribution in [0.1, 0.15) is 83.0 Å². The molecule has 5 rings (SSSR count). The van der Waals surface area contributed by atoms with Crippen LogP contribution in [0, 0.1) is 10.7 Å². The lowest BCUT2D eigenvalue weighted by Gasteiger charge is -2.31. The summed E-state index contributed by atoms with van der Waals surface area (Å²) in [7, 11) is 1.21. The molecule has 1 N–H and O–H groups in total. The van der Waals surface area contributed by atoms with Crippen LogP contribution in [0.5, 0.6) is 0 Å². The molecule has 326 valence electrons. The van der Waals surface area contributed by atoms with Gasteiger partial charge in [-0.1, -0.05) is 0 Å². The van der Waals surface area contributed by atoms with Crippen LogP contribution in [-0.2, 0) is 57.0 Å². The van der Waals surface area contributed by atoms with Crippen molar-refractivity contribution in [1.29, 1.82) is 0 Å². The molecule has 0 saturated carbocycles. The maximum atomic E-state index is 15.2. The van der Waals surface area contributed by atoms with E-state index in [0.29, 0.717) is 10.7 Å². The second kappa shape index (κ2) is 19.1. The quantitative estimate of drug-likeness (QED) is 0.147. The van der Waals surface area contributed by atoms with Gasteiger partial charge in [-0.2, -0.15) is 0 Å². The first-order valence-corrected chi connectivity index (χ1v) is 22.2. The Balaban J connectivity index is 1.62. The zero-order valence-electron chi connectivity index (χ0n) is 34.5. The number of nitrogens with zero attached hydrogens (tertiary/aromatic N) is 2. The molecule has 3 amide bonds.